The van der Waals surface area contributed by atoms with Gasteiger partial charge in [0.2, 0.25) is 5.82 Å². The maximum absolute atomic E-state index is 12.9. The van der Waals surface area contributed by atoms with Gasteiger partial charge < -0.3 is 4.90 Å². The molecule has 1 saturated heterocycles. The summed E-state index contributed by atoms with van der Waals surface area (Å²) in [7, 11) is 0. The number of fused-ring (bicyclic) bond motifs is 5. The first kappa shape index (κ1) is 15.3. The molecular weight excluding hydrogens is 334 g/mol. The molecule has 5 rings (SSSR count). The van der Waals surface area contributed by atoms with Crippen LogP contribution in [0.3, 0.4) is 0 Å². The molecule has 1 fully saturated rings. The molecule has 1 aliphatic carbocycles. The summed E-state index contributed by atoms with van der Waals surface area (Å²) in [6, 6.07) is 0. The summed E-state index contributed by atoms with van der Waals surface area (Å²) >= 11 is 1.77. The molecule has 0 saturated carbocycles. The number of likely N-dealkylation sites (tertiary alicyclic amines) is 1. The number of carbonyl (C=O) groups excluding carboxylic acids is 1. The number of carbonyl (C=O) groups is 1. The van der Waals surface area contributed by atoms with E-state index in [4.69, 9.17) is 4.98 Å². The van der Waals surface area contributed by atoms with Crippen molar-refractivity contribution in [2.24, 2.45) is 5.92 Å². The van der Waals surface area contributed by atoms with Gasteiger partial charge in [-0.05, 0) is 50.5 Å². The standard InChI is InChI=1S/C18H21N5OS/c1-10-5-4-8-22(9-10)18(24)15-20-16-14-12-6-3-7-13(12)25-17(14)19-11(2)23(16)21-15/h10H,3-9H2,1-2H3/t10-/m0/s1. The van der Waals surface area contributed by atoms with Crippen LogP contribution in [0.4, 0.5) is 0 Å². The molecule has 0 radical (unpaired) electrons. The zero-order valence-corrected chi connectivity index (χ0v) is 15.4. The average Bonchev–Trinajstić information content (AvgIpc) is 3.27. The SMILES string of the molecule is Cc1nc2sc3c(c2c2nc(C(=O)N4CCC[C@H](C)C4)nn12)CCC3. The van der Waals surface area contributed by atoms with Crippen LogP contribution in [0.1, 0.15) is 53.1 Å². The molecule has 130 valence electrons. The van der Waals surface area contributed by atoms with Crippen LogP contribution in [0, 0.1) is 12.8 Å². The van der Waals surface area contributed by atoms with Crippen molar-refractivity contribution in [1.29, 1.82) is 0 Å². The minimum Gasteiger partial charge on any atom is -0.336 e. The molecule has 6 nitrogen and oxygen atoms in total. The van der Waals surface area contributed by atoms with Crippen molar-refractivity contribution in [1.82, 2.24) is 24.5 Å². The van der Waals surface area contributed by atoms with Crippen molar-refractivity contribution in [3.05, 3.63) is 22.1 Å². The van der Waals surface area contributed by atoms with Crippen molar-refractivity contribution < 1.29 is 4.79 Å². The zero-order valence-electron chi connectivity index (χ0n) is 14.6. The number of aromatic nitrogens is 4. The molecule has 3 aromatic heterocycles. The number of hydrogen-bond donors (Lipinski definition) is 0. The van der Waals surface area contributed by atoms with Crippen LogP contribution < -0.4 is 0 Å². The fourth-order valence-corrected chi connectivity index (χ4v) is 5.50. The van der Waals surface area contributed by atoms with Crippen molar-refractivity contribution >= 4 is 33.1 Å². The second-order valence-electron chi connectivity index (χ2n) is 7.37. The van der Waals surface area contributed by atoms with Gasteiger partial charge in [0, 0.05) is 18.0 Å². The summed E-state index contributed by atoms with van der Waals surface area (Å²) < 4.78 is 1.76. The first-order valence-corrected chi connectivity index (χ1v) is 9.90. The minimum atomic E-state index is -0.0466. The monoisotopic (exact) mass is 355 g/mol. The first-order valence-electron chi connectivity index (χ1n) is 9.08. The fraction of sp³-hybridized carbons (Fsp3) is 0.556. The third kappa shape index (κ3) is 2.28. The van der Waals surface area contributed by atoms with E-state index in [2.05, 4.69) is 17.0 Å². The summed E-state index contributed by atoms with van der Waals surface area (Å²) in [4.78, 5) is 26.7. The molecule has 0 spiro atoms. The van der Waals surface area contributed by atoms with Gasteiger partial charge in [-0.3, -0.25) is 4.79 Å². The van der Waals surface area contributed by atoms with E-state index in [0.717, 1.165) is 54.0 Å². The van der Waals surface area contributed by atoms with Crippen molar-refractivity contribution in [2.75, 3.05) is 13.1 Å². The van der Waals surface area contributed by atoms with Crippen LogP contribution in [0.15, 0.2) is 0 Å². The van der Waals surface area contributed by atoms with Crippen LogP contribution in [0.25, 0.3) is 15.9 Å². The van der Waals surface area contributed by atoms with Gasteiger partial charge in [-0.25, -0.2) is 9.97 Å². The van der Waals surface area contributed by atoms with Crippen LogP contribution in [0.2, 0.25) is 0 Å². The molecule has 4 heterocycles. The predicted molar refractivity (Wildman–Crippen MR) is 97.2 cm³/mol. The van der Waals surface area contributed by atoms with E-state index in [1.807, 2.05) is 11.8 Å². The quantitative estimate of drug-likeness (QED) is 0.673. The fourth-order valence-electron chi connectivity index (χ4n) is 4.20. The lowest BCUT2D eigenvalue weighted by molar-refractivity contribution is 0.0671. The number of thiophene rings is 1. The highest BCUT2D eigenvalue weighted by atomic mass is 32.1. The molecule has 0 N–H and O–H groups in total. The molecule has 2 aliphatic rings. The lowest BCUT2D eigenvalue weighted by atomic mass is 10.0. The Kier molecular flexibility index (Phi) is 3.35. The highest BCUT2D eigenvalue weighted by molar-refractivity contribution is 7.19. The smallest absolute Gasteiger partial charge is 0.293 e. The Balaban J connectivity index is 1.64. The van der Waals surface area contributed by atoms with Crippen LogP contribution in [0.5, 0.6) is 0 Å². The van der Waals surface area contributed by atoms with Crippen LogP contribution in [-0.2, 0) is 12.8 Å². The lowest BCUT2D eigenvalue weighted by Crippen LogP contribution is -2.39. The molecule has 1 amide bonds. The van der Waals surface area contributed by atoms with E-state index in [-0.39, 0.29) is 5.91 Å². The molecule has 0 unspecified atom stereocenters. The molecular formula is C18H21N5OS. The lowest BCUT2D eigenvalue weighted by Gasteiger charge is -2.29. The van der Waals surface area contributed by atoms with Gasteiger partial charge in [0.05, 0.1) is 5.39 Å². The highest BCUT2D eigenvalue weighted by Gasteiger charge is 2.27. The Hall–Kier alpha value is -2.02. The maximum atomic E-state index is 12.9. The van der Waals surface area contributed by atoms with Gasteiger partial charge in [-0.1, -0.05) is 6.92 Å². The first-order chi connectivity index (χ1) is 12.1. The third-order valence-electron chi connectivity index (χ3n) is 5.44. The minimum absolute atomic E-state index is 0.0466. The van der Waals surface area contributed by atoms with Crippen molar-refractivity contribution in [2.45, 2.75) is 46.0 Å². The van der Waals surface area contributed by atoms with E-state index < -0.39 is 0 Å². The molecule has 7 heteroatoms. The van der Waals surface area contributed by atoms with Crippen molar-refractivity contribution in [3.8, 4) is 0 Å². The van der Waals surface area contributed by atoms with E-state index in [9.17, 15) is 4.79 Å². The number of hydrogen-bond acceptors (Lipinski definition) is 5. The number of aryl methyl sites for hydroxylation is 3. The van der Waals surface area contributed by atoms with E-state index >= 15 is 0 Å². The molecule has 0 aromatic carbocycles. The summed E-state index contributed by atoms with van der Waals surface area (Å²) in [6.07, 6.45) is 5.65. The van der Waals surface area contributed by atoms with Gasteiger partial charge in [-0.15, -0.1) is 16.4 Å². The number of rotatable bonds is 1. The van der Waals surface area contributed by atoms with Crippen molar-refractivity contribution in [3.63, 3.8) is 0 Å². The Morgan fingerprint density at radius 2 is 2.12 bits per heavy atom. The second-order valence-corrected chi connectivity index (χ2v) is 8.45. The molecule has 1 aliphatic heterocycles. The highest BCUT2D eigenvalue weighted by Crippen LogP contribution is 2.38. The number of piperidine rings is 1. The topological polar surface area (TPSA) is 63.4 Å². The summed E-state index contributed by atoms with van der Waals surface area (Å²) in [5, 5.41) is 5.64. The predicted octanol–water partition coefficient (Wildman–Crippen LogP) is 3.01. The van der Waals surface area contributed by atoms with Gasteiger partial charge in [-0.2, -0.15) is 4.52 Å². The molecule has 1 atom stereocenters. The van der Waals surface area contributed by atoms with Crippen LogP contribution >= 0.6 is 11.3 Å². The van der Waals surface area contributed by atoms with Gasteiger partial charge in [0.25, 0.3) is 5.91 Å². The number of nitrogens with zero attached hydrogens (tertiary/aromatic N) is 5. The number of amides is 1. The van der Waals surface area contributed by atoms with E-state index in [1.165, 1.54) is 23.3 Å². The Labute approximate surface area is 149 Å². The largest absolute Gasteiger partial charge is 0.336 e. The van der Waals surface area contributed by atoms with Gasteiger partial charge in [0.1, 0.15) is 10.7 Å². The Morgan fingerprint density at radius 1 is 1.24 bits per heavy atom. The Bertz CT molecular complexity index is 1000. The van der Waals surface area contributed by atoms with Gasteiger partial charge >= 0.3 is 0 Å². The Morgan fingerprint density at radius 3 is 2.96 bits per heavy atom. The van der Waals surface area contributed by atoms with E-state index in [0.29, 0.717) is 11.7 Å². The molecule has 3 aromatic rings. The zero-order chi connectivity index (χ0) is 17.1. The third-order valence-corrected chi connectivity index (χ3v) is 6.62. The average molecular weight is 355 g/mol. The second kappa shape index (κ2) is 5.49. The van der Waals surface area contributed by atoms with Crippen LogP contribution in [-0.4, -0.2) is 43.5 Å². The summed E-state index contributed by atoms with van der Waals surface area (Å²) in [5.41, 5.74) is 2.17. The normalized spacial score (nSPS) is 20.6. The van der Waals surface area contributed by atoms with E-state index in [1.54, 1.807) is 15.9 Å². The summed E-state index contributed by atoms with van der Waals surface area (Å²) in [6.45, 7) is 5.74. The maximum Gasteiger partial charge on any atom is 0.293 e. The summed E-state index contributed by atoms with van der Waals surface area (Å²) in [5.74, 6) is 1.60. The molecule has 25 heavy (non-hydrogen) atoms. The van der Waals surface area contributed by atoms with Gasteiger partial charge in [0.15, 0.2) is 5.65 Å². The molecule has 0 bridgehead atoms.